The van der Waals surface area contributed by atoms with Crippen molar-refractivity contribution in [3.63, 3.8) is 0 Å². The average molecular weight is 266 g/mol. The number of aliphatic hydroxyl groups is 1. The number of hydrogen-bond donors (Lipinski definition) is 1. The number of furan rings is 1. The van der Waals surface area contributed by atoms with Crippen LogP contribution in [0.25, 0.3) is 11.0 Å². The molecule has 0 aliphatic heterocycles. The third-order valence-corrected chi connectivity index (χ3v) is 3.52. The zero-order chi connectivity index (χ0) is 14.0. The van der Waals surface area contributed by atoms with Crippen LogP contribution in [0, 0.1) is 5.82 Å². The van der Waals surface area contributed by atoms with Gasteiger partial charge in [0.05, 0.1) is 5.60 Å². The molecule has 0 radical (unpaired) electrons. The molecule has 0 fully saturated rings. The number of ether oxygens (including phenoxy) is 1. The Morgan fingerprint density at radius 3 is 2.74 bits per heavy atom. The van der Waals surface area contributed by atoms with Gasteiger partial charge in [-0.25, -0.2) is 4.39 Å². The summed E-state index contributed by atoms with van der Waals surface area (Å²) in [4.78, 5) is 0. The third kappa shape index (κ3) is 2.65. The minimum atomic E-state index is -0.882. The number of aliphatic hydroxyl groups excluding tert-OH is 1. The Kier molecular flexibility index (Phi) is 3.92. The van der Waals surface area contributed by atoms with Gasteiger partial charge in [0.1, 0.15) is 23.3 Å². The van der Waals surface area contributed by atoms with E-state index in [2.05, 4.69) is 0 Å². The predicted molar refractivity (Wildman–Crippen MR) is 71.5 cm³/mol. The minimum absolute atomic E-state index is 0.322. The summed E-state index contributed by atoms with van der Waals surface area (Å²) >= 11 is 0. The molecule has 19 heavy (non-hydrogen) atoms. The highest BCUT2D eigenvalue weighted by atomic mass is 19.1. The first-order valence-corrected chi connectivity index (χ1v) is 6.51. The van der Waals surface area contributed by atoms with Gasteiger partial charge in [0.25, 0.3) is 0 Å². The van der Waals surface area contributed by atoms with Crippen LogP contribution >= 0.6 is 0 Å². The first-order chi connectivity index (χ1) is 9.00. The minimum Gasteiger partial charge on any atom is -0.458 e. The second kappa shape index (κ2) is 5.31. The van der Waals surface area contributed by atoms with Gasteiger partial charge in [-0.05, 0) is 44.5 Å². The largest absolute Gasteiger partial charge is 0.458 e. The van der Waals surface area contributed by atoms with Gasteiger partial charge in [0.2, 0.25) is 0 Å². The predicted octanol–water partition coefficient (Wildman–Crippen LogP) is 3.81. The van der Waals surface area contributed by atoms with Crippen LogP contribution in [-0.4, -0.2) is 17.3 Å². The molecule has 0 amide bonds. The summed E-state index contributed by atoms with van der Waals surface area (Å²) in [6.07, 6.45) is -0.235. The normalized spacial score (nSPS) is 16.5. The maximum atomic E-state index is 13.1. The summed E-state index contributed by atoms with van der Waals surface area (Å²) in [6, 6.07) is 5.95. The van der Waals surface area contributed by atoms with Crippen molar-refractivity contribution < 1.29 is 18.7 Å². The van der Waals surface area contributed by atoms with E-state index in [0.29, 0.717) is 29.8 Å². The van der Waals surface area contributed by atoms with Crippen LogP contribution in [0.2, 0.25) is 0 Å². The van der Waals surface area contributed by atoms with Crippen molar-refractivity contribution in [2.75, 3.05) is 6.61 Å². The van der Waals surface area contributed by atoms with Crippen LogP contribution in [0.5, 0.6) is 0 Å². The summed E-state index contributed by atoms with van der Waals surface area (Å²) < 4.78 is 24.4. The van der Waals surface area contributed by atoms with Gasteiger partial charge in [0.15, 0.2) is 0 Å². The zero-order valence-corrected chi connectivity index (χ0v) is 11.4. The molecule has 2 aromatic rings. The van der Waals surface area contributed by atoms with Crippen molar-refractivity contribution in [1.29, 1.82) is 0 Å². The lowest BCUT2D eigenvalue weighted by atomic mass is 9.93. The summed E-state index contributed by atoms with van der Waals surface area (Å²) in [6.45, 7) is 6.18. The number of benzene rings is 1. The van der Waals surface area contributed by atoms with E-state index in [4.69, 9.17) is 9.15 Å². The lowest BCUT2D eigenvalue weighted by molar-refractivity contribution is -0.119. The number of rotatable bonds is 5. The monoisotopic (exact) mass is 266 g/mol. The SMILES string of the molecule is CCOC(C)(CC)C(O)c1cc2cc(F)ccc2o1. The molecule has 2 unspecified atom stereocenters. The highest BCUT2D eigenvalue weighted by molar-refractivity contribution is 5.78. The Morgan fingerprint density at radius 1 is 1.37 bits per heavy atom. The zero-order valence-electron chi connectivity index (χ0n) is 11.4. The maximum Gasteiger partial charge on any atom is 0.140 e. The summed E-state index contributed by atoms with van der Waals surface area (Å²) in [5, 5.41) is 11.1. The molecular weight excluding hydrogens is 247 g/mol. The molecule has 104 valence electrons. The fraction of sp³-hybridized carbons (Fsp3) is 0.467. The van der Waals surface area contributed by atoms with Crippen LogP contribution < -0.4 is 0 Å². The van der Waals surface area contributed by atoms with Gasteiger partial charge >= 0.3 is 0 Å². The van der Waals surface area contributed by atoms with Crippen molar-refractivity contribution in [2.45, 2.75) is 38.9 Å². The molecule has 1 N–H and O–H groups in total. The fourth-order valence-corrected chi connectivity index (χ4v) is 2.17. The highest BCUT2D eigenvalue weighted by Gasteiger charge is 2.35. The van der Waals surface area contributed by atoms with Gasteiger partial charge in [0, 0.05) is 12.0 Å². The first kappa shape index (κ1) is 14.0. The van der Waals surface area contributed by atoms with Crippen molar-refractivity contribution in [1.82, 2.24) is 0 Å². The summed E-state index contributed by atoms with van der Waals surface area (Å²) in [5.74, 6) is 0.0794. The van der Waals surface area contributed by atoms with Gasteiger partial charge in [-0.1, -0.05) is 6.92 Å². The third-order valence-electron chi connectivity index (χ3n) is 3.52. The molecule has 4 heteroatoms. The van der Waals surface area contributed by atoms with E-state index in [9.17, 15) is 9.50 Å². The first-order valence-electron chi connectivity index (χ1n) is 6.51. The van der Waals surface area contributed by atoms with Gasteiger partial charge in [-0.2, -0.15) is 0 Å². The van der Waals surface area contributed by atoms with E-state index in [0.717, 1.165) is 0 Å². The van der Waals surface area contributed by atoms with E-state index in [1.165, 1.54) is 12.1 Å². The highest BCUT2D eigenvalue weighted by Crippen LogP contribution is 2.35. The molecule has 0 spiro atoms. The van der Waals surface area contributed by atoms with Gasteiger partial charge < -0.3 is 14.3 Å². The van der Waals surface area contributed by atoms with Gasteiger partial charge in [-0.3, -0.25) is 0 Å². The molecule has 0 aliphatic rings. The Balaban J connectivity index is 2.37. The van der Waals surface area contributed by atoms with Crippen LogP contribution in [0.4, 0.5) is 4.39 Å². The second-order valence-corrected chi connectivity index (χ2v) is 4.83. The van der Waals surface area contributed by atoms with Crippen LogP contribution in [0.1, 0.15) is 39.1 Å². The molecular formula is C15H19FO3. The smallest absolute Gasteiger partial charge is 0.140 e. The van der Waals surface area contributed by atoms with E-state index in [-0.39, 0.29) is 5.82 Å². The lowest BCUT2D eigenvalue weighted by Gasteiger charge is -2.32. The molecule has 2 atom stereocenters. The quantitative estimate of drug-likeness (QED) is 0.894. The van der Waals surface area contributed by atoms with Crippen molar-refractivity contribution in [3.05, 3.63) is 35.8 Å². The van der Waals surface area contributed by atoms with Crippen LogP contribution in [-0.2, 0) is 4.74 Å². The number of fused-ring (bicyclic) bond motifs is 1. The standard InChI is InChI=1S/C15H19FO3/c1-4-15(3,18-5-2)14(17)13-9-10-8-11(16)6-7-12(10)19-13/h6-9,14,17H,4-5H2,1-3H3. The molecule has 1 aromatic carbocycles. The summed E-state index contributed by atoms with van der Waals surface area (Å²) in [7, 11) is 0. The van der Waals surface area contributed by atoms with E-state index in [1.807, 2.05) is 20.8 Å². The lowest BCUT2D eigenvalue weighted by Crippen LogP contribution is -2.35. The topological polar surface area (TPSA) is 42.6 Å². The molecule has 3 nitrogen and oxygen atoms in total. The van der Waals surface area contributed by atoms with E-state index in [1.54, 1.807) is 12.1 Å². The van der Waals surface area contributed by atoms with Crippen molar-refractivity contribution in [3.8, 4) is 0 Å². The molecule has 0 bridgehead atoms. The van der Waals surface area contributed by atoms with Crippen molar-refractivity contribution in [2.24, 2.45) is 0 Å². The number of hydrogen-bond acceptors (Lipinski definition) is 3. The van der Waals surface area contributed by atoms with E-state index < -0.39 is 11.7 Å². The van der Waals surface area contributed by atoms with E-state index >= 15 is 0 Å². The Hall–Kier alpha value is -1.39. The molecule has 1 aromatic heterocycles. The Morgan fingerprint density at radius 2 is 2.11 bits per heavy atom. The van der Waals surface area contributed by atoms with Crippen LogP contribution in [0.3, 0.4) is 0 Å². The van der Waals surface area contributed by atoms with Crippen LogP contribution in [0.15, 0.2) is 28.7 Å². The molecule has 2 rings (SSSR count). The Labute approximate surface area is 112 Å². The molecule has 0 saturated carbocycles. The Bertz CT molecular complexity index is 564. The summed E-state index contributed by atoms with van der Waals surface area (Å²) in [5.41, 5.74) is -0.147. The van der Waals surface area contributed by atoms with Gasteiger partial charge in [-0.15, -0.1) is 0 Å². The molecule has 0 aliphatic carbocycles. The fourth-order valence-electron chi connectivity index (χ4n) is 2.17. The molecule has 1 heterocycles. The second-order valence-electron chi connectivity index (χ2n) is 4.83. The maximum absolute atomic E-state index is 13.1. The number of halogens is 1. The molecule has 0 saturated heterocycles. The van der Waals surface area contributed by atoms with Crippen molar-refractivity contribution >= 4 is 11.0 Å². The average Bonchev–Trinajstić information content (AvgIpc) is 2.80.